The maximum Gasteiger partial charge on any atom is 0.339 e. The van der Waals surface area contributed by atoms with Crippen LogP contribution in [0.2, 0.25) is 0 Å². The minimum absolute atomic E-state index is 0.0351. The van der Waals surface area contributed by atoms with Gasteiger partial charge in [0.05, 0.1) is 11.9 Å². The molecule has 0 radical (unpaired) electrons. The maximum atomic E-state index is 11.1. The van der Waals surface area contributed by atoms with Gasteiger partial charge in [-0.1, -0.05) is 13.5 Å². The molecule has 2 heterocycles. The molecule has 0 aliphatic carbocycles. The lowest BCUT2D eigenvalue weighted by Crippen LogP contribution is -2.21. The topological polar surface area (TPSA) is 115 Å². The van der Waals surface area contributed by atoms with E-state index in [4.69, 9.17) is 10.5 Å². The van der Waals surface area contributed by atoms with E-state index in [-0.39, 0.29) is 22.7 Å². The number of hydrogen-bond acceptors (Lipinski definition) is 5. The van der Waals surface area contributed by atoms with Crippen LogP contribution in [0.25, 0.3) is 11.2 Å². The largest absolute Gasteiger partial charge is 0.478 e. The second kappa shape index (κ2) is 5.66. The van der Waals surface area contributed by atoms with Gasteiger partial charge in [0.2, 0.25) is 0 Å². The molecule has 1 atom stereocenters. The van der Waals surface area contributed by atoms with Crippen LogP contribution in [0.4, 0.5) is 0 Å². The molecule has 2 aromatic rings. The Morgan fingerprint density at radius 2 is 2.33 bits per heavy atom. The molecule has 0 aliphatic rings. The van der Waals surface area contributed by atoms with Crippen molar-refractivity contribution >= 4 is 28.6 Å². The number of aromatic carboxylic acids is 1. The SMILES string of the molecule is C=CC(=NC)C(C)C(=N)c1cnc2[nH]cc(C(=O)O)c2n1. The Bertz CT molecular complexity index is 760. The Hall–Kier alpha value is -2.83. The van der Waals surface area contributed by atoms with Crippen molar-refractivity contribution < 1.29 is 9.90 Å². The molecule has 3 N–H and O–H groups in total. The summed E-state index contributed by atoms with van der Waals surface area (Å²) in [5.74, 6) is -1.39. The highest BCUT2D eigenvalue weighted by Crippen LogP contribution is 2.16. The second-order valence-electron chi connectivity index (χ2n) is 4.45. The number of allylic oxidation sites excluding steroid dienone is 1. The Morgan fingerprint density at radius 3 is 2.90 bits per heavy atom. The van der Waals surface area contributed by atoms with Gasteiger partial charge in [-0.25, -0.2) is 14.8 Å². The van der Waals surface area contributed by atoms with Gasteiger partial charge in [0, 0.05) is 24.9 Å². The Kier molecular flexibility index (Phi) is 3.93. The van der Waals surface area contributed by atoms with E-state index in [1.54, 1.807) is 13.1 Å². The van der Waals surface area contributed by atoms with E-state index in [0.29, 0.717) is 17.1 Å². The quantitative estimate of drug-likeness (QED) is 0.728. The van der Waals surface area contributed by atoms with Crippen molar-refractivity contribution in [3.05, 3.63) is 36.3 Å². The van der Waals surface area contributed by atoms with Gasteiger partial charge in [-0.2, -0.15) is 0 Å². The number of aromatic amines is 1. The van der Waals surface area contributed by atoms with Crippen LogP contribution >= 0.6 is 0 Å². The molecule has 1 unspecified atom stereocenters. The number of nitrogens with one attached hydrogen (secondary N) is 2. The van der Waals surface area contributed by atoms with Crippen molar-refractivity contribution in [1.82, 2.24) is 15.0 Å². The van der Waals surface area contributed by atoms with Gasteiger partial charge in [0.25, 0.3) is 0 Å². The average Bonchev–Trinajstić information content (AvgIpc) is 2.90. The number of fused-ring (bicyclic) bond motifs is 1. The third-order valence-corrected chi connectivity index (χ3v) is 3.23. The zero-order valence-electron chi connectivity index (χ0n) is 11.7. The van der Waals surface area contributed by atoms with Crippen molar-refractivity contribution in [3.8, 4) is 0 Å². The summed E-state index contributed by atoms with van der Waals surface area (Å²) in [5, 5.41) is 17.3. The highest BCUT2D eigenvalue weighted by molar-refractivity contribution is 6.16. The van der Waals surface area contributed by atoms with E-state index in [1.165, 1.54) is 12.4 Å². The fourth-order valence-corrected chi connectivity index (χ4v) is 2.02. The molecule has 0 spiro atoms. The number of H-pyrrole nitrogens is 1. The van der Waals surface area contributed by atoms with Crippen LogP contribution in [0.3, 0.4) is 0 Å². The molecule has 0 saturated heterocycles. The van der Waals surface area contributed by atoms with E-state index in [0.717, 1.165) is 0 Å². The summed E-state index contributed by atoms with van der Waals surface area (Å²) in [6, 6.07) is 0. The first-order valence-electron chi connectivity index (χ1n) is 6.25. The molecular formula is C14H15N5O2. The van der Waals surface area contributed by atoms with Crippen LogP contribution in [0.15, 0.2) is 30.0 Å². The smallest absolute Gasteiger partial charge is 0.339 e. The van der Waals surface area contributed by atoms with E-state index in [9.17, 15) is 4.79 Å². The van der Waals surface area contributed by atoms with Crippen LogP contribution in [0.5, 0.6) is 0 Å². The summed E-state index contributed by atoms with van der Waals surface area (Å²) >= 11 is 0. The second-order valence-corrected chi connectivity index (χ2v) is 4.45. The standard InChI is InChI=1S/C14H15N5O2/c1-4-9(16-3)7(2)11(15)10-6-18-13-12(19-10)8(5-17-13)14(20)21/h4-7,15H,1H2,2-3H3,(H,17,18)(H,20,21). The molecule has 0 bridgehead atoms. The van der Waals surface area contributed by atoms with Crippen molar-refractivity contribution in [3.63, 3.8) is 0 Å². The Labute approximate surface area is 121 Å². The predicted octanol–water partition coefficient (Wildman–Crippen LogP) is 1.92. The zero-order valence-corrected chi connectivity index (χ0v) is 11.7. The molecule has 0 fully saturated rings. The van der Waals surface area contributed by atoms with Crippen LogP contribution in [0, 0.1) is 11.3 Å². The number of carbonyl (C=O) groups is 1. The van der Waals surface area contributed by atoms with E-state index in [2.05, 4.69) is 26.5 Å². The Morgan fingerprint density at radius 1 is 1.62 bits per heavy atom. The van der Waals surface area contributed by atoms with Crippen molar-refractivity contribution in [2.24, 2.45) is 10.9 Å². The molecule has 7 heteroatoms. The lowest BCUT2D eigenvalue weighted by molar-refractivity contribution is 0.0699. The molecule has 0 amide bonds. The number of carboxylic acid groups (broad SMARTS) is 1. The van der Waals surface area contributed by atoms with Crippen LogP contribution in [-0.2, 0) is 0 Å². The number of nitrogens with zero attached hydrogens (tertiary/aromatic N) is 3. The first kappa shape index (κ1) is 14.6. The van der Waals surface area contributed by atoms with E-state index in [1.807, 2.05) is 6.92 Å². The van der Waals surface area contributed by atoms with Crippen LogP contribution in [0.1, 0.15) is 23.0 Å². The highest BCUT2D eigenvalue weighted by atomic mass is 16.4. The summed E-state index contributed by atoms with van der Waals surface area (Å²) < 4.78 is 0. The Balaban J connectivity index is 2.47. The van der Waals surface area contributed by atoms with Crippen molar-refractivity contribution in [1.29, 1.82) is 5.41 Å². The third-order valence-electron chi connectivity index (χ3n) is 3.23. The monoisotopic (exact) mass is 285 g/mol. The maximum absolute atomic E-state index is 11.1. The van der Waals surface area contributed by atoms with Gasteiger partial charge in [-0.15, -0.1) is 0 Å². The molecule has 21 heavy (non-hydrogen) atoms. The highest BCUT2D eigenvalue weighted by Gasteiger charge is 2.19. The third kappa shape index (κ3) is 2.58. The zero-order chi connectivity index (χ0) is 15.6. The molecule has 0 aliphatic heterocycles. The lowest BCUT2D eigenvalue weighted by atomic mass is 9.97. The summed E-state index contributed by atoms with van der Waals surface area (Å²) in [4.78, 5) is 26.3. The molecule has 0 aromatic carbocycles. The number of rotatable bonds is 5. The average molecular weight is 285 g/mol. The number of hydrogen-bond donors (Lipinski definition) is 3. The van der Waals surface area contributed by atoms with E-state index < -0.39 is 5.97 Å². The van der Waals surface area contributed by atoms with Gasteiger partial charge in [0.1, 0.15) is 16.8 Å². The first-order chi connectivity index (χ1) is 9.99. The predicted molar refractivity (Wildman–Crippen MR) is 80.4 cm³/mol. The molecule has 108 valence electrons. The fourth-order valence-electron chi connectivity index (χ4n) is 2.02. The van der Waals surface area contributed by atoms with Gasteiger partial charge >= 0.3 is 5.97 Å². The van der Waals surface area contributed by atoms with Crippen LogP contribution in [-0.4, -0.2) is 44.5 Å². The van der Waals surface area contributed by atoms with Crippen molar-refractivity contribution in [2.45, 2.75) is 6.92 Å². The number of carboxylic acids is 1. The van der Waals surface area contributed by atoms with Crippen molar-refractivity contribution in [2.75, 3.05) is 7.05 Å². The van der Waals surface area contributed by atoms with Gasteiger partial charge in [-0.05, 0) is 6.08 Å². The van der Waals surface area contributed by atoms with Gasteiger partial charge in [-0.3, -0.25) is 4.99 Å². The summed E-state index contributed by atoms with van der Waals surface area (Å²) in [6.45, 7) is 5.47. The fraction of sp³-hybridized carbons (Fsp3) is 0.214. The normalized spacial score (nSPS) is 13.1. The summed E-state index contributed by atoms with van der Waals surface area (Å²) in [7, 11) is 1.63. The number of aromatic nitrogens is 3. The summed E-state index contributed by atoms with van der Waals surface area (Å²) in [5.41, 5.74) is 1.85. The van der Waals surface area contributed by atoms with E-state index >= 15 is 0 Å². The van der Waals surface area contributed by atoms with Crippen LogP contribution < -0.4 is 0 Å². The molecule has 0 saturated carbocycles. The molecule has 2 aromatic heterocycles. The molecule has 2 rings (SSSR count). The number of aliphatic imine (C=N–C) groups is 1. The lowest BCUT2D eigenvalue weighted by Gasteiger charge is -2.12. The minimum atomic E-state index is -1.09. The minimum Gasteiger partial charge on any atom is -0.478 e. The first-order valence-corrected chi connectivity index (χ1v) is 6.25. The van der Waals surface area contributed by atoms with Gasteiger partial charge in [0.15, 0.2) is 5.65 Å². The molecule has 7 nitrogen and oxygen atoms in total. The summed E-state index contributed by atoms with van der Waals surface area (Å²) in [6.07, 6.45) is 4.37. The molecular weight excluding hydrogens is 270 g/mol. The van der Waals surface area contributed by atoms with Gasteiger partial charge < -0.3 is 15.5 Å².